The van der Waals surface area contributed by atoms with Gasteiger partial charge in [-0.1, -0.05) is 20.8 Å². The van der Waals surface area contributed by atoms with Crippen LogP contribution in [0.4, 0.5) is 0 Å². The summed E-state index contributed by atoms with van der Waals surface area (Å²) < 4.78 is 29.8. The largest absolute Gasteiger partial charge is 0.384 e. The van der Waals surface area contributed by atoms with Crippen LogP contribution in [0.2, 0.25) is 0 Å². The Labute approximate surface area is 118 Å². The van der Waals surface area contributed by atoms with E-state index in [2.05, 4.69) is 20.8 Å². The number of sulfone groups is 1. The van der Waals surface area contributed by atoms with Gasteiger partial charge in [-0.2, -0.15) is 0 Å². The lowest BCUT2D eigenvalue weighted by Crippen LogP contribution is -2.43. The second-order valence-corrected chi connectivity index (χ2v) is 9.11. The molecular weight excluding hydrogens is 262 g/mol. The summed E-state index contributed by atoms with van der Waals surface area (Å²) >= 11 is 0. The maximum Gasteiger partial charge on any atom is 0.155 e. The molecule has 0 radical (unpaired) electrons. The van der Waals surface area contributed by atoms with Gasteiger partial charge >= 0.3 is 0 Å². The average molecular weight is 291 g/mol. The average Bonchev–Trinajstić information content (AvgIpc) is 2.34. The SMILES string of the molecule is COCCS(=O)(=O)C1CC(C(C)(C)C)CCC1CN. The van der Waals surface area contributed by atoms with Crippen LogP contribution in [0, 0.1) is 17.3 Å². The zero-order valence-electron chi connectivity index (χ0n) is 12.7. The van der Waals surface area contributed by atoms with Crippen molar-refractivity contribution in [2.75, 3.05) is 26.0 Å². The van der Waals surface area contributed by atoms with Crippen molar-refractivity contribution in [2.24, 2.45) is 23.0 Å². The maximum atomic E-state index is 12.5. The predicted molar refractivity (Wildman–Crippen MR) is 78.8 cm³/mol. The molecule has 2 N–H and O–H groups in total. The van der Waals surface area contributed by atoms with Gasteiger partial charge in [-0.15, -0.1) is 0 Å². The standard InChI is InChI=1S/C14H29NO3S/c1-14(2,3)12-6-5-11(10-15)13(9-12)19(16,17)8-7-18-4/h11-13H,5-10,15H2,1-4H3. The minimum absolute atomic E-state index is 0.112. The minimum Gasteiger partial charge on any atom is -0.384 e. The van der Waals surface area contributed by atoms with Gasteiger partial charge < -0.3 is 10.5 Å². The van der Waals surface area contributed by atoms with E-state index < -0.39 is 9.84 Å². The predicted octanol–water partition coefficient (Wildman–Crippen LogP) is 1.84. The topological polar surface area (TPSA) is 69.4 Å². The van der Waals surface area contributed by atoms with Crippen LogP contribution in [0.25, 0.3) is 0 Å². The summed E-state index contributed by atoms with van der Waals surface area (Å²) in [5.74, 6) is 0.680. The third kappa shape index (κ3) is 4.43. The third-order valence-corrected chi connectivity index (χ3v) is 6.72. The molecule has 5 heteroatoms. The fourth-order valence-corrected chi connectivity index (χ4v) is 5.10. The van der Waals surface area contributed by atoms with Crippen LogP contribution in [0.15, 0.2) is 0 Å². The number of nitrogens with two attached hydrogens (primary N) is 1. The fourth-order valence-electron chi connectivity index (χ4n) is 3.04. The van der Waals surface area contributed by atoms with Crippen LogP contribution in [0.1, 0.15) is 40.0 Å². The zero-order valence-corrected chi connectivity index (χ0v) is 13.5. The molecule has 0 aromatic carbocycles. The zero-order chi connectivity index (χ0) is 14.7. The van der Waals surface area contributed by atoms with Crippen molar-refractivity contribution in [1.82, 2.24) is 0 Å². The second kappa shape index (κ2) is 6.55. The van der Waals surface area contributed by atoms with Gasteiger partial charge in [0.05, 0.1) is 17.6 Å². The van der Waals surface area contributed by atoms with Crippen LogP contribution in [0.3, 0.4) is 0 Å². The van der Waals surface area contributed by atoms with E-state index in [9.17, 15) is 8.42 Å². The third-order valence-electron chi connectivity index (χ3n) is 4.49. The van der Waals surface area contributed by atoms with Gasteiger partial charge in [-0.25, -0.2) is 8.42 Å². The van der Waals surface area contributed by atoms with Crippen molar-refractivity contribution >= 4 is 9.84 Å². The van der Waals surface area contributed by atoms with Gasteiger partial charge in [-0.3, -0.25) is 0 Å². The Morgan fingerprint density at radius 3 is 2.37 bits per heavy atom. The molecule has 19 heavy (non-hydrogen) atoms. The number of hydrogen-bond acceptors (Lipinski definition) is 4. The van der Waals surface area contributed by atoms with Crippen molar-refractivity contribution in [3.8, 4) is 0 Å². The first-order valence-corrected chi connectivity index (χ1v) is 8.84. The van der Waals surface area contributed by atoms with E-state index in [4.69, 9.17) is 10.5 Å². The summed E-state index contributed by atoms with van der Waals surface area (Å²) in [5, 5.41) is -0.286. The highest BCUT2D eigenvalue weighted by Crippen LogP contribution is 2.42. The highest BCUT2D eigenvalue weighted by molar-refractivity contribution is 7.92. The summed E-state index contributed by atoms with van der Waals surface area (Å²) in [6, 6.07) is 0. The summed E-state index contributed by atoms with van der Waals surface area (Å²) in [7, 11) is -1.57. The van der Waals surface area contributed by atoms with Crippen molar-refractivity contribution in [3.05, 3.63) is 0 Å². The number of rotatable bonds is 5. The molecule has 0 amide bonds. The van der Waals surface area contributed by atoms with E-state index in [1.54, 1.807) is 0 Å². The molecule has 0 spiro atoms. The number of ether oxygens (including phenoxy) is 1. The molecule has 0 heterocycles. The fraction of sp³-hybridized carbons (Fsp3) is 1.00. The molecule has 0 aromatic heterocycles. The number of hydrogen-bond donors (Lipinski definition) is 1. The molecule has 4 nitrogen and oxygen atoms in total. The van der Waals surface area contributed by atoms with Gasteiger partial charge in [0.1, 0.15) is 0 Å². The molecular formula is C14H29NO3S. The Morgan fingerprint density at radius 2 is 1.89 bits per heavy atom. The molecule has 1 saturated carbocycles. The summed E-state index contributed by atoms with van der Waals surface area (Å²) in [6.07, 6.45) is 2.76. The molecule has 1 fully saturated rings. The molecule has 114 valence electrons. The van der Waals surface area contributed by atoms with Crippen molar-refractivity contribution in [3.63, 3.8) is 0 Å². The Kier molecular flexibility index (Phi) is 5.83. The van der Waals surface area contributed by atoms with Gasteiger partial charge in [0.25, 0.3) is 0 Å². The van der Waals surface area contributed by atoms with Gasteiger partial charge in [0.15, 0.2) is 9.84 Å². The van der Waals surface area contributed by atoms with Gasteiger partial charge in [-0.05, 0) is 43.1 Å². The van der Waals surface area contributed by atoms with Crippen LogP contribution >= 0.6 is 0 Å². The molecule has 3 unspecified atom stereocenters. The van der Waals surface area contributed by atoms with E-state index >= 15 is 0 Å². The molecule has 3 atom stereocenters. The highest BCUT2D eigenvalue weighted by Gasteiger charge is 2.41. The van der Waals surface area contributed by atoms with Crippen LogP contribution in [0.5, 0.6) is 0 Å². The van der Waals surface area contributed by atoms with Gasteiger partial charge in [0.2, 0.25) is 0 Å². The summed E-state index contributed by atoms with van der Waals surface area (Å²) in [6.45, 7) is 7.32. The lowest BCUT2D eigenvalue weighted by molar-refractivity contribution is 0.154. The first-order valence-electron chi connectivity index (χ1n) is 7.13. The lowest BCUT2D eigenvalue weighted by atomic mass is 9.69. The Bertz CT molecular complexity index is 373. The smallest absolute Gasteiger partial charge is 0.155 e. The Morgan fingerprint density at radius 1 is 1.26 bits per heavy atom. The molecule has 1 aliphatic carbocycles. The lowest BCUT2D eigenvalue weighted by Gasteiger charge is -2.41. The first kappa shape index (κ1) is 16.9. The second-order valence-electron chi connectivity index (χ2n) is 6.77. The van der Waals surface area contributed by atoms with Crippen LogP contribution < -0.4 is 5.73 Å². The minimum atomic E-state index is -3.10. The Balaban J connectivity index is 2.86. The van der Waals surface area contributed by atoms with Crippen molar-refractivity contribution in [2.45, 2.75) is 45.3 Å². The van der Waals surface area contributed by atoms with E-state index in [0.717, 1.165) is 19.3 Å². The molecule has 1 aliphatic rings. The van der Waals surface area contributed by atoms with E-state index in [1.165, 1.54) is 7.11 Å². The Hall–Kier alpha value is -0.130. The van der Waals surface area contributed by atoms with Crippen LogP contribution in [-0.2, 0) is 14.6 Å². The molecule has 0 aromatic rings. The summed E-state index contributed by atoms with van der Waals surface area (Å²) in [5.41, 5.74) is 5.94. The quantitative estimate of drug-likeness (QED) is 0.839. The maximum absolute atomic E-state index is 12.5. The molecule has 0 bridgehead atoms. The molecule has 0 aliphatic heterocycles. The monoisotopic (exact) mass is 291 g/mol. The van der Waals surface area contributed by atoms with E-state index in [-0.39, 0.29) is 28.9 Å². The number of methoxy groups -OCH3 is 1. The highest BCUT2D eigenvalue weighted by atomic mass is 32.2. The normalized spacial score (nSPS) is 29.4. The molecule has 0 saturated heterocycles. The van der Waals surface area contributed by atoms with Gasteiger partial charge in [0, 0.05) is 7.11 Å². The first-order chi connectivity index (χ1) is 8.72. The summed E-state index contributed by atoms with van der Waals surface area (Å²) in [4.78, 5) is 0. The van der Waals surface area contributed by atoms with Crippen molar-refractivity contribution in [1.29, 1.82) is 0 Å². The van der Waals surface area contributed by atoms with E-state index in [1.807, 2.05) is 0 Å². The van der Waals surface area contributed by atoms with Crippen LogP contribution in [-0.4, -0.2) is 39.7 Å². The molecule has 1 rings (SSSR count). The van der Waals surface area contributed by atoms with Crippen molar-refractivity contribution < 1.29 is 13.2 Å². The van der Waals surface area contributed by atoms with E-state index in [0.29, 0.717) is 12.5 Å².